The van der Waals surface area contributed by atoms with Crippen LogP contribution >= 0.6 is 27.3 Å². The first-order chi connectivity index (χ1) is 7.22. The van der Waals surface area contributed by atoms with Gasteiger partial charge in [-0.15, -0.1) is 11.3 Å². The predicted octanol–water partition coefficient (Wildman–Crippen LogP) is 4.08. The van der Waals surface area contributed by atoms with Gasteiger partial charge in [0, 0.05) is 14.7 Å². The van der Waals surface area contributed by atoms with Crippen molar-refractivity contribution in [2.75, 3.05) is 13.1 Å². The molecule has 1 unspecified atom stereocenters. The molecule has 1 aromatic heterocycles. The first kappa shape index (κ1) is 13.2. The van der Waals surface area contributed by atoms with Crippen LogP contribution in [0.1, 0.15) is 31.6 Å². The molecule has 0 radical (unpaired) electrons. The first-order valence-corrected chi connectivity index (χ1v) is 7.33. The molecule has 15 heavy (non-hydrogen) atoms. The normalized spacial score (nSPS) is 13.0. The first-order valence-electron chi connectivity index (χ1n) is 5.66. The van der Waals surface area contributed by atoms with Crippen molar-refractivity contribution in [1.82, 2.24) is 5.32 Å². The molecular formula is C12H20BrNS. The largest absolute Gasteiger partial charge is 0.317 e. The molecule has 3 heteroatoms. The van der Waals surface area contributed by atoms with Crippen LogP contribution in [0.2, 0.25) is 0 Å². The van der Waals surface area contributed by atoms with Crippen molar-refractivity contribution in [3.8, 4) is 0 Å². The van der Waals surface area contributed by atoms with Crippen LogP contribution in [0.5, 0.6) is 0 Å². The van der Waals surface area contributed by atoms with Crippen molar-refractivity contribution in [2.45, 2.75) is 33.1 Å². The van der Waals surface area contributed by atoms with Gasteiger partial charge in [-0.25, -0.2) is 0 Å². The van der Waals surface area contributed by atoms with Crippen LogP contribution in [0.15, 0.2) is 15.9 Å². The van der Waals surface area contributed by atoms with E-state index in [1.54, 1.807) is 0 Å². The molecule has 0 bridgehead atoms. The van der Waals surface area contributed by atoms with Crippen LogP contribution in [-0.2, 0) is 6.42 Å². The number of halogens is 1. The van der Waals surface area contributed by atoms with Crippen LogP contribution in [0.3, 0.4) is 0 Å². The summed E-state index contributed by atoms with van der Waals surface area (Å²) in [6, 6.07) is 2.24. The number of hydrogen-bond donors (Lipinski definition) is 1. The van der Waals surface area contributed by atoms with Crippen molar-refractivity contribution >= 4 is 27.3 Å². The van der Waals surface area contributed by atoms with Gasteiger partial charge >= 0.3 is 0 Å². The van der Waals surface area contributed by atoms with Crippen LogP contribution in [0.4, 0.5) is 0 Å². The summed E-state index contributed by atoms with van der Waals surface area (Å²) in [6.07, 6.45) is 3.71. The van der Waals surface area contributed by atoms with Gasteiger partial charge in [0.05, 0.1) is 0 Å². The fraction of sp³-hybridized carbons (Fsp3) is 0.667. The molecule has 0 aliphatic rings. The Morgan fingerprint density at radius 1 is 1.47 bits per heavy atom. The molecule has 0 aliphatic heterocycles. The molecule has 0 spiro atoms. The Bertz CT molecular complexity index is 272. The van der Waals surface area contributed by atoms with E-state index < -0.39 is 0 Å². The minimum atomic E-state index is 0.778. The highest BCUT2D eigenvalue weighted by Crippen LogP contribution is 2.23. The highest BCUT2D eigenvalue weighted by molar-refractivity contribution is 9.10. The van der Waals surface area contributed by atoms with E-state index in [1.165, 1.54) is 28.6 Å². The third-order valence-electron chi connectivity index (χ3n) is 2.41. The summed E-state index contributed by atoms with van der Waals surface area (Å²) >= 11 is 5.35. The Morgan fingerprint density at radius 2 is 2.27 bits per heavy atom. The van der Waals surface area contributed by atoms with Gasteiger partial charge in [-0.05, 0) is 60.3 Å². The van der Waals surface area contributed by atoms with Gasteiger partial charge in [-0.2, -0.15) is 0 Å². The zero-order valence-electron chi connectivity index (χ0n) is 9.55. The van der Waals surface area contributed by atoms with E-state index in [9.17, 15) is 0 Å². The Balaban J connectivity index is 2.15. The van der Waals surface area contributed by atoms with E-state index in [0.29, 0.717) is 0 Å². The molecule has 0 aliphatic carbocycles. The second kappa shape index (κ2) is 7.42. The van der Waals surface area contributed by atoms with E-state index in [2.05, 4.69) is 46.5 Å². The summed E-state index contributed by atoms with van der Waals surface area (Å²) in [6.45, 7) is 6.85. The molecule has 1 atom stereocenters. The van der Waals surface area contributed by atoms with Gasteiger partial charge in [0.25, 0.3) is 0 Å². The van der Waals surface area contributed by atoms with Crippen LogP contribution < -0.4 is 5.32 Å². The fourth-order valence-corrected chi connectivity index (χ4v) is 3.17. The molecular weight excluding hydrogens is 270 g/mol. The van der Waals surface area contributed by atoms with Crippen molar-refractivity contribution in [3.63, 3.8) is 0 Å². The maximum absolute atomic E-state index is 3.49. The van der Waals surface area contributed by atoms with Gasteiger partial charge in [-0.3, -0.25) is 0 Å². The van der Waals surface area contributed by atoms with E-state index in [4.69, 9.17) is 0 Å². The molecule has 0 fully saturated rings. The molecule has 0 saturated carbocycles. The van der Waals surface area contributed by atoms with Crippen molar-refractivity contribution < 1.29 is 0 Å². The van der Waals surface area contributed by atoms with Gasteiger partial charge < -0.3 is 5.32 Å². The van der Waals surface area contributed by atoms with Crippen LogP contribution in [0.25, 0.3) is 0 Å². The zero-order valence-corrected chi connectivity index (χ0v) is 12.0. The second-order valence-corrected chi connectivity index (χ2v) is 5.99. The Hall–Kier alpha value is 0.140. The summed E-state index contributed by atoms with van der Waals surface area (Å²) < 4.78 is 1.22. The quantitative estimate of drug-likeness (QED) is 0.746. The molecule has 1 aromatic rings. The van der Waals surface area contributed by atoms with E-state index in [1.807, 2.05) is 11.3 Å². The summed E-state index contributed by atoms with van der Waals surface area (Å²) in [5.41, 5.74) is 0. The molecule has 86 valence electrons. The lowest BCUT2D eigenvalue weighted by Crippen LogP contribution is -2.18. The molecule has 0 amide bonds. The highest BCUT2D eigenvalue weighted by atomic mass is 79.9. The standard InChI is InChI=1S/C12H20BrNS/c1-3-5-14-6-4-10(2)7-12-8-11(13)9-15-12/h8-10,14H,3-7H2,1-2H3. The maximum Gasteiger partial charge on any atom is 0.0285 e. The van der Waals surface area contributed by atoms with Gasteiger partial charge in [0.2, 0.25) is 0 Å². The average Bonchev–Trinajstić information content (AvgIpc) is 2.59. The number of rotatable bonds is 7. The molecule has 1 nitrogen and oxygen atoms in total. The number of thiophene rings is 1. The summed E-state index contributed by atoms with van der Waals surface area (Å²) in [4.78, 5) is 1.49. The van der Waals surface area contributed by atoms with Crippen molar-refractivity contribution in [3.05, 3.63) is 20.8 Å². The zero-order chi connectivity index (χ0) is 11.1. The van der Waals surface area contributed by atoms with Crippen LogP contribution in [0, 0.1) is 5.92 Å². The fourth-order valence-electron chi connectivity index (χ4n) is 1.56. The van der Waals surface area contributed by atoms with E-state index in [0.717, 1.165) is 19.0 Å². The number of nitrogens with one attached hydrogen (secondary N) is 1. The minimum Gasteiger partial charge on any atom is -0.317 e. The van der Waals surface area contributed by atoms with Gasteiger partial charge in [-0.1, -0.05) is 13.8 Å². The molecule has 0 aromatic carbocycles. The van der Waals surface area contributed by atoms with Crippen molar-refractivity contribution in [2.24, 2.45) is 5.92 Å². The highest BCUT2D eigenvalue weighted by Gasteiger charge is 2.05. The molecule has 1 N–H and O–H groups in total. The molecule has 1 heterocycles. The van der Waals surface area contributed by atoms with Gasteiger partial charge in [0.15, 0.2) is 0 Å². The van der Waals surface area contributed by atoms with Crippen molar-refractivity contribution in [1.29, 1.82) is 0 Å². The molecule has 1 rings (SSSR count). The summed E-state index contributed by atoms with van der Waals surface area (Å²) in [5.74, 6) is 0.778. The predicted molar refractivity (Wildman–Crippen MR) is 72.7 cm³/mol. The number of hydrogen-bond acceptors (Lipinski definition) is 2. The second-order valence-electron chi connectivity index (χ2n) is 4.08. The Labute approximate surface area is 105 Å². The minimum absolute atomic E-state index is 0.778. The maximum atomic E-state index is 3.49. The monoisotopic (exact) mass is 289 g/mol. The van der Waals surface area contributed by atoms with E-state index >= 15 is 0 Å². The SMILES string of the molecule is CCCNCCC(C)Cc1cc(Br)cs1. The smallest absolute Gasteiger partial charge is 0.0285 e. The molecule has 0 saturated heterocycles. The summed E-state index contributed by atoms with van der Waals surface area (Å²) in [5, 5.41) is 5.62. The summed E-state index contributed by atoms with van der Waals surface area (Å²) in [7, 11) is 0. The average molecular weight is 290 g/mol. The Kier molecular flexibility index (Phi) is 6.53. The lowest BCUT2D eigenvalue weighted by molar-refractivity contribution is 0.501. The van der Waals surface area contributed by atoms with E-state index in [-0.39, 0.29) is 0 Å². The topological polar surface area (TPSA) is 12.0 Å². The van der Waals surface area contributed by atoms with Crippen LogP contribution in [-0.4, -0.2) is 13.1 Å². The lowest BCUT2D eigenvalue weighted by atomic mass is 10.0. The third-order valence-corrected chi connectivity index (χ3v) is 4.13. The third kappa shape index (κ3) is 5.69. The lowest BCUT2D eigenvalue weighted by Gasteiger charge is -2.10. The Morgan fingerprint density at radius 3 is 2.87 bits per heavy atom. The van der Waals surface area contributed by atoms with Gasteiger partial charge in [0.1, 0.15) is 0 Å².